The van der Waals surface area contributed by atoms with Gasteiger partial charge in [-0.15, -0.1) is 23.1 Å². The summed E-state index contributed by atoms with van der Waals surface area (Å²) in [5, 5.41) is 0.980. The molecule has 2 atom stereocenters. The number of aromatic nitrogens is 1. The van der Waals surface area contributed by atoms with Crippen molar-refractivity contribution in [2.75, 3.05) is 5.75 Å². The van der Waals surface area contributed by atoms with Crippen LogP contribution >= 0.6 is 35.3 Å². The Morgan fingerprint density at radius 3 is 2.29 bits per heavy atom. The van der Waals surface area contributed by atoms with E-state index in [9.17, 15) is 4.79 Å². The molecule has 1 fully saturated rings. The van der Waals surface area contributed by atoms with E-state index in [1.165, 1.54) is 0 Å². The molecule has 2 aliphatic rings. The molecule has 0 unspecified atom stereocenters. The van der Waals surface area contributed by atoms with Gasteiger partial charge in [0.25, 0.3) is 0 Å². The molecule has 35 heavy (non-hydrogen) atoms. The molecule has 3 aromatic carbocycles. The molecule has 1 aromatic heterocycles. The highest BCUT2D eigenvalue weighted by Gasteiger charge is 2.51. The lowest BCUT2D eigenvalue weighted by atomic mass is 10.0. The van der Waals surface area contributed by atoms with Gasteiger partial charge in [-0.2, -0.15) is 0 Å². The molecule has 3 heterocycles. The lowest BCUT2D eigenvalue weighted by molar-refractivity contribution is -0.140. The number of β-lactam (4-membered cyclic amide) rings is 1. The van der Waals surface area contributed by atoms with Crippen molar-refractivity contribution in [3.63, 3.8) is 0 Å². The minimum Gasteiger partial charge on any atom is -0.469 e. The average molecular weight is 516 g/mol. The van der Waals surface area contributed by atoms with E-state index in [1.807, 2.05) is 78.9 Å². The van der Waals surface area contributed by atoms with E-state index in [2.05, 4.69) is 6.07 Å². The fourth-order valence-electron chi connectivity index (χ4n) is 4.42. The fourth-order valence-corrected chi connectivity index (χ4v) is 7.13. The van der Waals surface area contributed by atoms with Gasteiger partial charge >= 0.3 is 0 Å². The summed E-state index contributed by atoms with van der Waals surface area (Å²) in [4.78, 5) is 19.5. The number of nitrogens with zero attached hydrogens (tertiary/aromatic N) is 2. The molecule has 174 valence electrons. The third kappa shape index (κ3) is 3.96. The zero-order valence-electron chi connectivity index (χ0n) is 18.5. The highest BCUT2D eigenvalue weighted by atomic mass is 32.2. The van der Waals surface area contributed by atoms with Crippen LogP contribution in [0.1, 0.15) is 22.2 Å². The second-order valence-electron chi connectivity index (χ2n) is 8.36. The normalized spacial score (nSPS) is 19.6. The number of rotatable bonds is 5. The van der Waals surface area contributed by atoms with Crippen LogP contribution in [0.2, 0.25) is 0 Å². The van der Waals surface area contributed by atoms with Crippen LogP contribution in [-0.2, 0) is 9.53 Å². The maximum atomic E-state index is 12.9. The predicted molar refractivity (Wildman–Crippen MR) is 146 cm³/mol. The summed E-state index contributed by atoms with van der Waals surface area (Å²) in [6.07, 6.45) is -0.410. The van der Waals surface area contributed by atoms with E-state index in [1.54, 1.807) is 28.0 Å². The van der Waals surface area contributed by atoms with Gasteiger partial charge in [0.2, 0.25) is 11.0 Å². The molecule has 0 saturated carbocycles. The van der Waals surface area contributed by atoms with Crippen molar-refractivity contribution < 1.29 is 9.53 Å². The second-order valence-corrected chi connectivity index (χ2v) is 10.9. The number of benzene rings is 3. The maximum absolute atomic E-state index is 12.9. The summed E-state index contributed by atoms with van der Waals surface area (Å²) in [5.41, 5.74) is 10.6. The molecule has 8 heteroatoms. The number of thiocarbonyl (C=S) groups is 1. The van der Waals surface area contributed by atoms with Gasteiger partial charge < -0.3 is 10.5 Å². The van der Waals surface area contributed by atoms with Crippen LogP contribution in [0.5, 0.6) is 0 Å². The Bertz CT molecular complexity index is 1380. The number of fused-ring (bicyclic) bond motifs is 2. The number of hydrogen-bond acceptors (Lipinski definition) is 7. The van der Waals surface area contributed by atoms with Gasteiger partial charge in [0, 0.05) is 11.3 Å². The number of thioether (sulfide) groups is 1. The van der Waals surface area contributed by atoms with Crippen LogP contribution in [-0.4, -0.2) is 38.0 Å². The largest absolute Gasteiger partial charge is 0.469 e. The van der Waals surface area contributed by atoms with E-state index in [0.29, 0.717) is 11.4 Å². The minimum atomic E-state index is -0.534. The number of thiazole rings is 1. The molecule has 5 nitrogen and oxygen atoms in total. The first-order chi connectivity index (χ1) is 17.1. The van der Waals surface area contributed by atoms with Gasteiger partial charge in [-0.1, -0.05) is 72.8 Å². The number of amides is 1. The Kier molecular flexibility index (Phi) is 5.89. The average Bonchev–Trinajstić information content (AvgIpc) is 3.35. The molecule has 6 rings (SSSR count). The number of carbonyl (C=O) groups is 1. The number of nitrogens with two attached hydrogens (primary N) is 1. The third-order valence-corrected chi connectivity index (χ3v) is 8.87. The highest BCUT2D eigenvalue weighted by Crippen LogP contribution is 2.45. The predicted octanol–water partition coefficient (Wildman–Crippen LogP) is 5.38. The fraction of sp³-hybridized carbons (Fsp3) is 0.148. The first-order valence-corrected chi connectivity index (χ1v) is 13.5. The van der Waals surface area contributed by atoms with Crippen molar-refractivity contribution in [1.29, 1.82) is 0 Å². The molecule has 1 amide bonds. The summed E-state index contributed by atoms with van der Waals surface area (Å²) in [6.45, 7) is 0. The molecular weight excluding hydrogens is 495 g/mol. The summed E-state index contributed by atoms with van der Waals surface area (Å²) < 4.78 is 7.62. The van der Waals surface area contributed by atoms with E-state index in [4.69, 9.17) is 27.7 Å². The second kappa shape index (κ2) is 9.20. The van der Waals surface area contributed by atoms with Crippen molar-refractivity contribution in [3.05, 3.63) is 107 Å². The van der Waals surface area contributed by atoms with Crippen molar-refractivity contribution in [2.45, 2.75) is 17.5 Å². The molecule has 0 bridgehead atoms. The number of hydrogen-bond donors (Lipinski definition) is 1. The first-order valence-electron chi connectivity index (χ1n) is 11.2. The zero-order valence-corrected chi connectivity index (χ0v) is 21.0. The molecule has 0 radical (unpaired) electrons. The van der Waals surface area contributed by atoms with Crippen molar-refractivity contribution in [1.82, 2.24) is 9.88 Å². The van der Waals surface area contributed by atoms with Crippen molar-refractivity contribution >= 4 is 62.1 Å². The van der Waals surface area contributed by atoms with Crippen molar-refractivity contribution in [3.8, 4) is 0 Å². The summed E-state index contributed by atoms with van der Waals surface area (Å²) in [5.74, 6) is 0.514. The molecular formula is C27H21N3O2S3. The van der Waals surface area contributed by atoms with Gasteiger partial charge in [-0.3, -0.25) is 9.69 Å². The number of carbonyl (C=O) groups excluding carboxylic acids is 1. The van der Waals surface area contributed by atoms with Crippen molar-refractivity contribution in [2.24, 2.45) is 5.73 Å². The Balaban J connectivity index is 1.44. The van der Waals surface area contributed by atoms with Crippen LogP contribution < -0.4 is 5.73 Å². The molecule has 0 spiro atoms. The smallest absolute Gasteiger partial charge is 0.248 e. The number of ether oxygens (including phenoxy) is 1. The molecule has 2 N–H and O–H groups in total. The lowest BCUT2D eigenvalue weighted by Gasteiger charge is -2.49. The Labute approximate surface area is 216 Å². The maximum Gasteiger partial charge on any atom is 0.248 e. The first kappa shape index (κ1) is 22.4. The van der Waals surface area contributed by atoms with E-state index < -0.39 is 12.1 Å². The van der Waals surface area contributed by atoms with Gasteiger partial charge in [0.1, 0.15) is 28.2 Å². The SMILES string of the molecule is N[C@@H]1C(=O)N2C(C(=S)OC(c3ccccc3)c3ccccc3)=C(c3nc4ccccc4s3)CS[C@H]12. The zero-order chi connectivity index (χ0) is 23.9. The molecule has 4 aromatic rings. The monoisotopic (exact) mass is 515 g/mol. The summed E-state index contributed by atoms with van der Waals surface area (Å²) >= 11 is 9.16. The van der Waals surface area contributed by atoms with Crippen LogP contribution in [0.4, 0.5) is 0 Å². The molecule has 0 aliphatic carbocycles. The summed E-state index contributed by atoms with van der Waals surface area (Å²) in [7, 11) is 0. The Morgan fingerprint density at radius 1 is 1.00 bits per heavy atom. The number of para-hydroxylation sites is 1. The van der Waals surface area contributed by atoms with E-state index in [0.717, 1.165) is 31.9 Å². The summed E-state index contributed by atoms with van der Waals surface area (Å²) in [6, 6.07) is 27.4. The minimum absolute atomic E-state index is 0.141. The van der Waals surface area contributed by atoms with E-state index in [-0.39, 0.29) is 16.3 Å². The van der Waals surface area contributed by atoms with Crippen LogP contribution in [0.15, 0.2) is 90.6 Å². The molecule has 1 saturated heterocycles. The Hall–Kier alpha value is -3.04. The molecule has 2 aliphatic heterocycles. The standard InChI is InChI=1S/C27H21N3O2S3/c28-21-25(31)30-22(18(15-34-26(21)30)24-29-19-13-7-8-14-20(19)35-24)27(33)32-23(16-9-3-1-4-10-16)17-11-5-2-6-12-17/h1-14,21,23,26H,15,28H2/t21-,26-/m1/s1. The third-order valence-electron chi connectivity index (χ3n) is 6.18. The van der Waals surface area contributed by atoms with Crippen LogP contribution in [0.25, 0.3) is 15.8 Å². The lowest BCUT2D eigenvalue weighted by Crippen LogP contribution is -2.68. The van der Waals surface area contributed by atoms with Gasteiger partial charge in [0.15, 0.2) is 0 Å². The topological polar surface area (TPSA) is 68.5 Å². The highest BCUT2D eigenvalue weighted by molar-refractivity contribution is 8.00. The van der Waals surface area contributed by atoms with Gasteiger partial charge in [0.05, 0.1) is 10.2 Å². The van der Waals surface area contributed by atoms with Crippen LogP contribution in [0, 0.1) is 0 Å². The quantitative estimate of drug-likeness (QED) is 0.284. The van der Waals surface area contributed by atoms with E-state index >= 15 is 0 Å². The van der Waals surface area contributed by atoms with Gasteiger partial charge in [-0.25, -0.2) is 4.98 Å². The van der Waals surface area contributed by atoms with Gasteiger partial charge in [-0.05, 0) is 35.5 Å². The van der Waals surface area contributed by atoms with Crippen LogP contribution in [0.3, 0.4) is 0 Å². The Morgan fingerprint density at radius 2 is 1.63 bits per heavy atom.